The van der Waals surface area contributed by atoms with E-state index in [4.69, 9.17) is 4.98 Å². The topological polar surface area (TPSA) is 45.5 Å². The second kappa shape index (κ2) is 9.63. The molecule has 5 heteroatoms. The molecule has 5 nitrogen and oxygen atoms in total. The van der Waals surface area contributed by atoms with E-state index in [0.717, 1.165) is 39.8 Å². The van der Waals surface area contributed by atoms with E-state index < -0.39 is 0 Å². The van der Waals surface area contributed by atoms with Crippen molar-refractivity contribution in [3.8, 4) is 11.3 Å². The molecule has 0 amide bonds. The number of nitrogens with one attached hydrogen (secondary N) is 1. The first-order chi connectivity index (χ1) is 17.4. The molecule has 2 aromatic heterocycles. The van der Waals surface area contributed by atoms with Crippen molar-refractivity contribution in [2.24, 2.45) is 0 Å². The van der Waals surface area contributed by atoms with E-state index in [0.29, 0.717) is 6.04 Å². The van der Waals surface area contributed by atoms with Gasteiger partial charge in [0, 0.05) is 41.1 Å². The Bertz CT molecular complexity index is 1370. The monoisotopic (exact) mass is 459 g/mol. The van der Waals surface area contributed by atoms with E-state index in [9.17, 15) is 0 Å². The van der Waals surface area contributed by atoms with Crippen LogP contribution in [0.4, 0.5) is 22.9 Å². The average molecular weight is 460 g/mol. The molecule has 1 saturated carbocycles. The second-order valence-electron chi connectivity index (χ2n) is 9.15. The summed E-state index contributed by atoms with van der Waals surface area (Å²) in [7, 11) is 0. The SMILES string of the molecule is c1ccc(N(c2ccccc2)c2cccc(-c3nc4cnccn4c3NC3CCCCC3)c2)cc1. The summed E-state index contributed by atoms with van der Waals surface area (Å²) in [6, 6.07) is 30.2. The highest BCUT2D eigenvalue weighted by Crippen LogP contribution is 2.38. The van der Waals surface area contributed by atoms with Gasteiger partial charge in [0.2, 0.25) is 0 Å². The molecule has 0 bridgehead atoms. The van der Waals surface area contributed by atoms with Gasteiger partial charge in [-0.2, -0.15) is 0 Å². The highest BCUT2D eigenvalue weighted by Gasteiger charge is 2.21. The van der Waals surface area contributed by atoms with Crippen LogP contribution >= 0.6 is 0 Å². The zero-order valence-corrected chi connectivity index (χ0v) is 19.7. The minimum atomic E-state index is 0.476. The molecule has 6 rings (SSSR count). The molecular weight excluding hydrogens is 430 g/mol. The van der Waals surface area contributed by atoms with Crippen LogP contribution in [-0.2, 0) is 0 Å². The summed E-state index contributed by atoms with van der Waals surface area (Å²) in [6.07, 6.45) is 12.0. The second-order valence-corrected chi connectivity index (χ2v) is 9.15. The Labute approximate surface area is 206 Å². The summed E-state index contributed by atoms with van der Waals surface area (Å²) in [5, 5.41) is 3.84. The molecule has 0 saturated heterocycles. The Balaban J connectivity index is 1.46. The number of benzene rings is 3. The number of nitrogens with zero attached hydrogens (tertiary/aromatic N) is 4. The lowest BCUT2D eigenvalue weighted by Gasteiger charge is -2.26. The summed E-state index contributed by atoms with van der Waals surface area (Å²) in [6.45, 7) is 0. The van der Waals surface area contributed by atoms with Crippen molar-refractivity contribution in [3.63, 3.8) is 0 Å². The maximum Gasteiger partial charge on any atom is 0.157 e. The summed E-state index contributed by atoms with van der Waals surface area (Å²) in [4.78, 5) is 11.6. The van der Waals surface area contributed by atoms with Gasteiger partial charge in [-0.05, 0) is 49.2 Å². The highest BCUT2D eigenvalue weighted by molar-refractivity contribution is 5.83. The molecular formula is C30H29N5. The first kappa shape index (κ1) is 21.4. The number of para-hydroxylation sites is 2. The minimum Gasteiger partial charge on any atom is -0.367 e. The van der Waals surface area contributed by atoms with Crippen LogP contribution in [0.25, 0.3) is 16.9 Å². The van der Waals surface area contributed by atoms with Gasteiger partial charge in [0.1, 0.15) is 11.5 Å². The van der Waals surface area contributed by atoms with E-state index in [-0.39, 0.29) is 0 Å². The van der Waals surface area contributed by atoms with Crippen LogP contribution in [0.2, 0.25) is 0 Å². The third kappa shape index (κ3) is 4.37. The van der Waals surface area contributed by atoms with Gasteiger partial charge in [0.05, 0.1) is 6.20 Å². The zero-order valence-electron chi connectivity index (χ0n) is 19.7. The Morgan fingerprint density at radius 2 is 1.46 bits per heavy atom. The van der Waals surface area contributed by atoms with Gasteiger partial charge in [-0.3, -0.25) is 9.38 Å². The minimum absolute atomic E-state index is 0.476. The van der Waals surface area contributed by atoms with Crippen LogP contribution in [0.15, 0.2) is 104 Å². The smallest absolute Gasteiger partial charge is 0.157 e. The molecule has 2 heterocycles. The van der Waals surface area contributed by atoms with E-state index in [1.54, 1.807) is 0 Å². The predicted octanol–water partition coefficient (Wildman–Crippen LogP) is 7.61. The zero-order chi connectivity index (χ0) is 23.5. The van der Waals surface area contributed by atoms with Crippen LogP contribution in [0.5, 0.6) is 0 Å². The Morgan fingerprint density at radius 1 is 0.771 bits per heavy atom. The van der Waals surface area contributed by atoms with Crippen molar-refractivity contribution >= 4 is 28.5 Å². The van der Waals surface area contributed by atoms with Crippen molar-refractivity contribution in [1.82, 2.24) is 14.4 Å². The van der Waals surface area contributed by atoms with Gasteiger partial charge >= 0.3 is 0 Å². The number of hydrogen-bond acceptors (Lipinski definition) is 4. The average Bonchev–Trinajstić information content (AvgIpc) is 3.29. The Morgan fingerprint density at radius 3 is 2.17 bits per heavy atom. The Kier molecular flexibility index (Phi) is 5.89. The molecule has 174 valence electrons. The first-order valence-corrected chi connectivity index (χ1v) is 12.5. The number of aromatic nitrogens is 3. The molecule has 0 radical (unpaired) electrons. The number of fused-ring (bicyclic) bond motifs is 1. The predicted molar refractivity (Wildman–Crippen MR) is 144 cm³/mol. The lowest BCUT2D eigenvalue weighted by atomic mass is 9.95. The number of hydrogen-bond donors (Lipinski definition) is 1. The van der Waals surface area contributed by atoms with E-state index in [1.807, 2.05) is 18.6 Å². The van der Waals surface area contributed by atoms with Crippen LogP contribution in [0.3, 0.4) is 0 Å². The molecule has 0 aliphatic heterocycles. The lowest BCUT2D eigenvalue weighted by molar-refractivity contribution is 0.461. The van der Waals surface area contributed by atoms with Crippen LogP contribution in [-0.4, -0.2) is 20.4 Å². The Hall–Kier alpha value is -4.12. The first-order valence-electron chi connectivity index (χ1n) is 12.5. The van der Waals surface area contributed by atoms with Crippen LogP contribution in [0, 0.1) is 0 Å². The highest BCUT2D eigenvalue weighted by atomic mass is 15.2. The van der Waals surface area contributed by atoms with E-state index in [2.05, 4.69) is 105 Å². The number of imidazole rings is 1. The van der Waals surface area contributed by atoms with Gasteiger partial charge in [-0.15, -0.1) is 0 Å². The number of rotatable bonds is 6. The fourth-order valence-electron chi connectivity index (χ4n) is 5.08. The summed E-state index contributed by atoms with van der Waals surface area (Å²) < 4.78 is 2.13. The van der Waals surface area contributed by atoms with Gasteiger partial charge < -0.3 is 10.2 Å². The van der Waals surface area contributed by atoms with Gasteiger partial charge in [0.15, 0.2) is 5.65 Å². The molecule has 35 heavy (non-hydrogen) atoms. The normalized spacial score (nSPS) is 14.2. The molecule has 1 aliphatic carbocycles. The maximum absolute atomic E-state index is 5.01. The quantitative estimate of drug-likeness (QED) is 0.284. The third-order valence-electron chi connectivity index (χ3n) is 6.78. The largest absolute Gasteiger partial charge is 0.367 e. The lowest BCUT2D eigenvalue weighted by Crippen LogP contribution is -2.23. The van der Waals surface area contributed by atoms with Gasteiger partial charge in [-0.1, -0.05) is 67.8 Å². The fourth-order valence-corrected chi connectivity index (χ4v) is 5.08. The van der Waals surface area contributed by atoms with Crippen molar-refractivity contribution in [2.45, 2.75) is 38.1 Å². The molecule has 1 N–H and O–H groups in total. The third-order valence-corrected chi connectivity index (χ3v) is 6.78. The summed E-state index contributed by atoms with van der Waals surface area (Å²) >= 11 is 0. The van der Waals surface area contributed by atoms with Crippen LogP contribution < -0.4 is 10.2 Å². The molecule has 0 unspecified atom stereocenters. The standard InChI is InChI=1S/C30H29N5/c1-4-12-24(13-5-1)32-30-29(33-28-22-31-19-20-34(28)30)23-11-10-18-27(21-23)35(25-14-6-2-7-15-25)26-16-8-3-9-17-26/h2-3,6-11,14-22,24,32H,1,4-5,12-13H2. The van der Waals surface area contributed by atoms with E-state index >= 15 is 0 Å². The van der Waals surface area contributed by atoms with Gasteiger partial charge in [0.25, 0.3) is 0 Å². The van der Waals surface area contributed by atoms with Crippen molar-refractivity contribution in [3.05, 3.63) is 104 Å². The van der Waals surface area contributed by atoms with E-state index in [1.165, 1.54) is 32.1 Å². The molecule has 5 aromatic rings. The van der Waals surface area contributed by atoms with Crippen LogP contribution in [0.1, 0.15) is 32.1 Å². The molecule has 0 spiro atoms. The van der Waals surface area contributed by atoms with Crippen molar-refractivity contribution in [2.75, 3.05) is 10.2 Å². The van der Waals surface area contributed by atoms with Crippen molar-refractivity contribution in [1.29, 1.82) is 0 Å². The molecule has 1 fully saturated rings. The molecule has 0 atom stereocenters. The van der Waals surface area contributed by atoms with Gasteiger partial charge in [-0.25, -0.2) is 4.98 Å². The fraction of sp³-hybridized carbons (Fsp3) is 0.200. The summed E-state index contributed by atoms with van der Waals surface area (Å²) in [5.74, 6) is 1.05. The molecule has 1 aliphatic rings. The summed E-state index contributed by atoms with van der Waals surface area (Å²) in [5.41, 5.74) is 6.24. The number of anilines is 4. The molecule has 3 aromatic carbocycles. The van der Waals surface area contributed by atoms with Crippen molar-refractivity contribution < 1.29 is 0 Å². The maximum atomic E-state index is 5.01.